The summed E-state index contributed by atoms with van der Waals surface area (Å²) < 4.78 is 5.23. The number of ether oxygens (including phenoxy) is 1. The van der Waals surface area contributed by atoms with Crippen LogP contribution in [0.3, 0.4) is 0 Å². The van der Waals surface area contributed by atoms with E-state index in [1.807, 2.05) is 48.5 Å². The van der Waals surface area contributed by atoms with Gasteiger partial charge in [-0.15, -0.1) is 0 Å². The first-order valence-corrected chi connectivity index (χ1v) is 9.31. The first kappa shape index (κ1) is 19.8. The van der Waals surface area contributed by atoms with Crippen molar-refractivity contribution in [3.8, 4) is 5.75 Å². The van der Waals surface area contributed by atoms with Gasteiger partial charge in [-0.25, -0.2) is 4.79 Å². The van der Waals surface area contributed by atoms with Crippen molar-refractivity contribution in [3.05, 3.63) is 94.5 Å². The Bertz CT molecular complexity index is 950. The van der Waals surface area contributed by atoms with E-state index < -0.39 is 6.09 Å². The van der Waals surface area contributed by atoms with E-state index in [2.05, 4.69) is 19.2 Å². The number of halogens is 1. The van der Waals surface area contributed by atoms with Crippen molar-refractivity contribution < 1.29 is 14.6 Å². The van der Waals surface area contributed by atoms with E-state index in [1.54, 1.807) is 24.3 Å². The molecule has 3 rings (SSSR count). The molecule has 0 heterocycles. The molecule has 0 aliphatic rings. The lowest BCUT2D eigenvalue weighted by molar-refractivity contribution is 0.155. The molecule has 5 heteroatoms. The molecule has 144 valence electrons. The monoisotopic (exact) mass is 395 g/mol. The molecule has 28 heavy (non-hydrogen) atoms. The number of phenols is 1. The third kappa shape index (κ3) is 4.84. The molecule has 0 aliphatic heterocycles. The van der Waals surface area contributed by atoms with E-state index >= 15 is 0 Å². The van der Waals surface area contributed by atoms with Crippen molar-refractivity contribution in [1.29, 1.82) is 0 Å². The second kappa shape index (κ2) is 8.36. The molecule has 1 amide bonds. The number of anilines is 1. The molecule has 3 aromatic carbocycles. The number of aromatic hydroxyl groups is 1. The van der Waals surface area contributed by atoms with Gasteiger partial charge >= 0.3 is 6.09 Å². The first-order chi connectivity index (χ1) is 13.3. The van der Waals surface area contributed by atoms with Gasteiger partial charge in [0, 0.05) is 16.1 Å². The summed E-state index contributed by atoms with van der Waals surface area (Å²) in [5, 5.41) is 13.1. The van der Waals surface area contributed by atoms with Crippen molar-refractivity contribution in [2.75, 3.05) is 5.32 Å². The fraction of sp³-hybridized carbons (Fsp3) is 0.174. The van der Waals surface area contributed by atoms with Gasteiger partial charge in [0.1, 0.15) is 12.4 Å². The molecule has 2 N–H and O–H groups in total. The van der Waals surface area contributed by atoms with Crippen LogP contribution in [0.25, 0.3) is 0 Å². The predicted octanol–water partition coefficient (Wildman–Crippen LogP) is 6.12. The van der Waals surface area contributed by atoms with Crippen LogP contribution in [0.5, 0.6) is 5.75 Å². The zero-order valence-corrected chi connectivity index (χ0v) is 16.5. The molecule has 0 spiro atoms. The highest BCUT2D eigenvalue weighted by atomic mass is 35.5. The maximum Gasteiger partial charge on any atom is 0.411 e. The van der Waals surface area contributed by atoms with Gasteiger partial charge in [-0.1, -0.05) is 61.8 Å². The first-order valence-electron chi connectivity index (χ1n) is 8.93. The van der Waals surface area contributed by atoms with Gasteiger partial charge in [-0.05, 0) is 53.1 Å². The molecular formula is C23H22ClNO3. The van der Waals surface area contributed by atoms with Crippen LogP contribution in [0.2, 0.25) is 5.02 Å². The number of amides is 1. The smallest absolute Gasteiger partial charge is 0.411 e. The summed E-state index contributed by atoms with van der Waals surface area (Å²) in [4.78, 5) is 12.0. The Morgan fingerprint density at radius 2 is 1.68 bits per heavy atom. The third-order valence-corrected chi connectivity index (χ3v) is 4.96. The third-order valence-electron chi connectivity index (χ3n) is 4.70. The Kier molecular flexibility index (Phi) is 5.90. The van der Waals surface area contributed by atoms with Gasteiger partial charge < -0.3 is 9.84 Å². The van der Waals surface area contributed by atoms with Gasteiger partial charge in [0.25, 0.3) is 0 Å². The van der Waals surface area contributed by atoms with E-state index in [0.717, 1.165) is 16.7 Å². The molecule has 0 aromatic heterocycles. The highest BCUT2D eigenvalue weighted by Crippen LogP contribution is 2.33. The number of benzene rings is 3. The number of nitrogens with one attached hydrogen (secondary N) is 1. The van der Waals surface area contributed by atoms with Crippen molar-refractivity contribution in [3.63, 3.8) is 0 Å². The lowest BCUT2D eigenvalue weighted by Gasteiger charge is -2.26. The SMILES string of the molecule is CC(C)(c1ccc(NC(=O)OCc2ccc(Cl)cc2)cc1)c1cccc(O)c1. The Morgan fingerprint density at radius 1 is 1.00 bits per heavy atom. The standard InChI is InChI=1S/C23H22ClNO3/c1-23(2,18-4-3-5-21(26)14-18)17-8-12-20(13-9-17)25-22(27)28-15-16-6-10-19(24)11-7-16/h3-14,26H,15H2,1-2H3,(H,25,27). The van der Waals surface area contributed by atoms with E-state index in [9.17, 15) is 9.90 Å². The van der Waals surface area contributed by atoms with Crippen LogP contribution in [0, 0.1) is 0 Å². The molecule has 0 aliphatic carbocycles. The zero-order chi connectivity index (χ0) is 20.1. The summed E-state index contributed by atoms with van der Waals surface area (Å²) >= 11 is 5.84. The average Bonchev–Trinajstić information content (AvgIpc) is 2.68. The molecule has 0 saturated heterocycles. The normalized spacial score (nSPS) is 11.1. The zero-order valence-electron chi connectivity index (χ0n) is 15.8. The molecule has 0 unspecified atom stereocenters. The Morgan fingerprint density at radius 3 is 2.32 bits per heavy atom. The fourth-order valence-electron chi connectivity index (χ4n) is 2.92. The van der Waals surface area contributed by atoms with Crippen molar-refractivity contribution in [2.45, 2.75) is 25.9 Å². The molecule has 4 nitrogen and oxygen atoms in total. The van der Waals surface area contributed by atoms with Crippen molar-refractivity contribution >= 4 is 23.4 Å². The second-order valence-corrected chi connectivity index (χ2v) is 7.52. The lowest BCUT2D eigenvalue weighted by atomic mass is 9.78. The van der Waals surface area contributed by atoms with E-state index in [0.29, 0.717) is 10.7 Å². The van der Waals surface area contributed by atoms with Crippen molar-refractivity contribution in [2.24, 2.45) is 0 Å². The van der Waals surface area contributed by atoms with Crippen LogP contribution < -0.4 is 5.32 Å². The van der Waals surface area contributed by atoms with Gasteiger partial charge in [-0.3, -0.25) is 5.32 Å². The number of hydrogen-bond acceptors (Lipinski definition) is 3. The van der Waals surface area contributed by atoms with Crippen LogP contribution >= 0.6 is 11.6 Å². The molecule has 0 radical (unpaired) electrons. The molecule has 3 aromatic rings. The van der Waals surface area contributed by atoms with Gasteiger partial charge in [-0.2, -0.15) is 0 Å². The summed E-state index contributed by atoms with van der Waals surface area (Å²) in [6, 6.07) is 22.0. The topological polar surface area (TPSA) is 58.6 Å². The van der Waals surface area contributed by atoms with Crippen molar-refractivity contribution in [1.82, 2.24) is 0 Å². The Balaban J connectivity index is 1.62. The molecule has 0 fully saturated rings. The van der Waals surface area contributed by atoms with E-state index in [1.165, 1.54) is 0 Å². The van der Waals surface area contributed by atoms with E-state index in [-0.39, 0.29) is 17.8 Å². The number of carbonyl (C=O) groups excluding carboxylic acids is 1. The maximum absolute atomic E-state index is 12.0. The quantitative estimate of drug-likeness (QED) is 0.547. The highest BCUT2D eigenvalue weighted by molar-refractivity contribution is 6.30. The van der Waals surface area contributed by atoms with Gasteiger partial charge in [0.2, 0.25) is 0 Å². The van der Waals surface area contributed by atoms with Crippen LogP contribution in [-0.4, -0.2) is 11.2 Å². The summed E-state index contributed by atoms with van der Waals surface area (Å²) in [7, 11) is 0. The Hall–Kier alpha value is -2.98. The molecular weight excluding hydrogens is 374 g/mol. The number of phenolic OH excluding ortho intramolecular Hbond substituents is 1. The summed E-state index contributed by atoms with van der Waals surface area (Å²) in [6.45, 7) is 4.35. The average molecular weight is 396 g/mol. The predicted molar refractivity (Wildman–Crippen MR) is 112 cm³/mol. The minimum absolute atomic E-state index is 0.172. The van der Waals surface area contributed by atoms with Gasteiger partial charge in [0.15, 0.2) is 0 Å². The van der Waals surface area contributed by atoms with Crippen LogP contribution in [-0.2, 0) is 16.8 Å². The minimum atomic E-state index is -0.519. The molecule has 0 saturated carbocycles. The summed E-state index contributed by atoms with van der Waals surface area (Å²) in [6.07, 6.45) is -0.519. The fourth-order valence-corrected chi connectivity index (χ4v) is 3.04. The number of hydrogen-bond donors (Lipinski definition) is 2. The largest absolute Gasteiger partial charge is 0.508 e. The Labute approximate surface area is 169 Å². The summed E-state index contributed by atoms with van der Waals surface area (Å²) in [5.74, 6) is 0.243. The molecule has 0 bridgehead atoms. The lowest BCUT2D eigenvalue weighted by Crippen LogP contribution is -2.19. The number of rotatable bonds is 5. The minimum Gasteiger partial charge on any atom is -0.508 e. The van der Waals surface area contributed by atoms with Crippen LogP contribution in [0.1, 0.15) is 30.5 Å². The maximum atomic E-state index is 12.0. The number of carbonyl (C=O) groups is 1. The highest BCUT2D eigenvalue weighted by Gasteiger charge is 2.23. The molecule has 0 atom stereocenters. The van der Waals surface area contributed by atoms with E-state index in [4.69, 9.17) is 16.3 Å². The van der Waals surface area contributed by atoms with Crippen LogP contribution in [0.4, 0.5) is 10.5 Å². The summed E-state index contributed by atoms with van der Waals surface area (Å²) in [5.41, 5.74) is 3.31. The van der Waals surface area contributed by atoms with Gasteiger partial charge in [0.05, 0.1) is 0 Å². The second-order valence-electron chi connectivity index (χ2n) is 7.08. The van der Waals surface area contributed by atoms with Crippen LogP contribution in [0.15, 0.2) is 72.8 Å².